The van der Waals surface area contributed by atoms with Crippen LogP contribution in [0.4, 0.5) is 5.69 Å². The number of aryl methyl sites for hydroxylation is 1. The Balaban J connectivity index is 1.95. The number of hydrogen-bond acceptors (Lipinski definition) is 5. The predicted molar refractivity (Wildman–Crippen MR) is 80.7 cm³/mol. The second-order valence-corrected chi connectivity index (χ2v) is 5.63. The van der Waals surface area contributed by atoms with Crippen LogP contribution in [-0.2, 0) is 10.3 Å². The third kappa shape index (κ3) is 2.53. The SMILES string of the molecule is CCOC1(c2noc(-c3ccc(N)cc3C)n2)CCCC1. The van der Waals surface area contributed by atoms with Crippen molar-refractivity contribution in [3.05, 3.63) is 29.6 Å². The molecule has 1 aliphatic rings. The molecule has 0 amide bonds. The smallest absolute Gasteiger partial charge is 0.258 e. The van der Waals surface area contributed by atoms with Crippen molar-refractivity contribution in [2.75, 3.05) is 12.3 Å². The van der Waals surface area contributed by atoms with Crippen molar-refractivity contribution in [1.82, 2.24) is 10.1 Å². The highest BCUT2D eigenvalue weighted by molar-refractivity contribution is 5.62. The molecule has 1 fully saturated rings. The van der Waals surface area contributed by atoms with E-state index in [0.717, 1.165) is 42.5 Å². The van der Waals surface area contributed by atoms with Gasteiger partial charge in [-0.3, -0.25) is 0 Å². The number of anilines is 1. The number of aromatic nitrogens is 2. The van der Waals surface area contributed by atoms with Crippen LogP contribution in [0.2, 0.25) is 0 Å². The maximum atomic E-state index is 5.97. The van der Waals surface area contributed by atoms with Gasteiger partial charge in [0.15, 0.2) is 0 Å². The summed E-state index contributed by atoms with van der Waals surface area (Å²) in [6.07, 6.45) is 4.20. The summed E-state index contributed by atoms with van der Waals surface area (Å²) in [6, 6.07) is 5.68. The molecule has 1 heterocycles. The van der Waals surface area contributed by atoms with Crippen molar-refractivity contribution in [2.24, 2.45) is 0 Å². The first-order valence-corrected chi connectivity index (χ1v) is 7.49. The van der Waals surface area contributed by atoms with Crippen LogP contribution < -0.4 is 5.73 Å². The van der Waals surface area contributed by atoms with E-state index >= 15 is 0 Å². The van der Waals surface area contributed by atoms with Crippen molar-refractivity contribution in [2.45, 2.75) is 45.1 Å². The number of hydrogen-bond donors (Lipinski definition) is 1. The molecule has 1 aromatic heterocycles. The van der Waals surface area contributed by atoms with Gasteiger partial charge < -0.3 is 15.0 Å². The van der Waals surface area contributed by atoms with Crippen LogP contribution in [-0.4, -0.2) is 16.7 Å². The van der Waals surface area contributed by atoms with Crippen LogP contribution in [0.1, 0.15) is 44.0 Å². The lowest BCUT2D eigenvalue weighted by Gasteiger charge is -2.24. The Kier molecular flexibility index (Phi) is 3.68. The number of rotatable bonds is 4. The summed E-state index contributed by atoms with van der Waals surface area (Å²) < 4.78 is 11.4. The van der Waals surface area contributed by atoms with Crippen LogP contribution in [0, 0.1) is 6.92 Å². The van der Waals surface area contributed by atoms with Gasteiger partial charge in [-0.15, -0.1) is 0 Å². The van der Waals surface area contributed by atoms with Gasteiger partial charge >= 0.3 is 0 Å². The molecule has 2 aromatic rings. The fourth-order valence-electron chi connectivity index (χ4n) is 3.10. The third-order valence-corrected chi connectivity index (χ3v) is 4.15. The molecule has 5 nitrogen and oxygen atoms in total. The van der Waals surface area contributed by atoms with E-state index in [1.165, 1.54) is 0 Å². The highest BCUT2D eigenvalue weighted by Gasteiger charge is 2.41. The Morgan fingerprint density at radius 2 is 2.10 bits per heavy atom. The second-order valence-electron chi connectivity index (χ2n) is 5.63. The highest BCUT2D eigenvalue weighted by Crippen LogP contribution is 2.41. The summed E-state index contributed by atoms with van der Waals surface area (Å²) >= 11 is 0. The molecule has 2 N–H and O–H groups in total. The monoisotopic (exact) mass is 287 g/mol. The quantitative estimate of drug-likeness (QED) is 0.872. The summed E-state index contributed by atoms with van der Waals surface area (Å²) in [5.74, 6) is 1.21. The molecule has 0 spiro atoms. The Hall–Kier alpha value is -1.88. The van der Waals surface area contributed by atoms with Crippen LogP contribution in [0.5, 0.6) is 0 Å². The minimum absolute atomic E-state index is 0.363. The molecular weight excluding hydrogens is 266 g/mol. The van der Waals surface area contributed by atoms with Crippen molar-refractivity contribution < 1.29 is 9.26 Å². The number of ether oxygens (including phenoxy) is 1. The molecule has 3 rings (SSSR count). The van der Waals surface area contributed by atoms with E-state index in [1.807, 2.05) is 32.0 Å². The molecule has 0 radical (unpaired) electrons. The molecule has 1 aromatic carbocycles. The van der Waals surface area contributed by atoms with E-state index in [2.05, 4.69) is 10.1 Å². The maximum Gasteiger partial charge on any atom is 0.258 e. The maximum absolute atomic E-state index is 5.97. The van der Waals surface area contributed by atoms with E-state index in [1.54, 1.807) is 0 Å². The van der Waals surface area contributed by atoms with E-state index < -0.39 is 0 Å². The number of nitrogens with two attached hydrogens (primary N) is 1. The van der Waals surface area contributed by atoms with E-state index in [-0.39, 0.29) is 5.60 Å². The molecule has 0 aliphatic heterocycles. The van der Waals surface area contributed by atoms with Crippen LogP contribution in [0.25, 0.3) is 11.5 Å². The zero-order valence-corrected chi connectivity index (χ0v) is 12.6. The Labute approximate surface area is 124 Å². The minimum Gasteiger partial charge on any atom is -0.399 e. The van der Waals surface area contributed by atoms with E-state index in [4.69, 9.17) is 15.0 Å². The van der Waals surface area contributed by atoms with Gasteiger partial charge in [0.1, 0.15) is 5.60 Å². The van der Waals surface area contributed by atoms with Crippen molar-refractivity contribution in [3.8, 4) is 11.5 Å². The largest absolute Gasteiger partial charge is 0.399 e. The predicted octanol–water partition coefficient (Wildman–Crippen LogP) is 3.43. The number of nitrogens with zero attached hydrogens (tertiary/aromatic N) is 2. The molecule has 0 bridgehead atoms. The first kappa shape index (κ1) is 14.1. The normalized spacial score (nSPS) is 17.2. The number of benzene rings is 1. The Morgan fingerprint density at radius 1 is 1.33 bits per heavy atom. The summed E-state index contributed by atoms with van der Waals surface area (Å²) in [4.78, 5) is 4.60. The Morgan fingerprint density at radius 3 is 2.76 bits per heavy atom. The zero-order chi connectivity index (χ0) is 14.9. The van der Waals surface area contributed by atoms with E-state index in [0.29, 0.717) is 18.3 Å². The molecule has 0 unspecified atom stereocenters. The van der Waals surface area contributed by atoms with Crippen molar-refractivity contribution >= 4 is 5.69 Å². The van der Waals surface area contributed by atoms with Gasteiger partial charge in [-0.1, -0.05) is 5.16 Å². The standard InChI is InChI=1S/C16H21N3O2/c1-3-20-16(8-4-5-9-16)15-18-14(21-19-15)13-7-6-12(17)10-11(13)2/h6-7,10H,3-5,8-9,17H2,1-2H3. The average Bonchev–Trinajstić information content (AvgIpc) is 3.08. The van der Waals surface area contributed by atoms with Crippen LogP contribution in [0.15, 0.2) is 22.7 Å². The molecular formula is C16H21N3O2. The topological polar surface area (TPSA) is 74.2 Å². The molecule has 1 saturated carbocycles. The number of nitrogen functional groups attached to an aromatic ring is 1. The first-order chi connectivity index (χ1) is 10.1. The summed E-state index contributed by atoms with van der Waals surface area (Å²) in [6.45, 7) is 4.65. The summed E-state index contributed by atoms with van der Waals surface area (Å²) in [5.41, 5.74) is 8.11. The lowest BCUT2D eigenvalue weighted by atomic mass is 10.0. The zero-order valence-electron chi connectivity index (χ0n) is 12.6. The lowest BCUT2D eigenvalue weighted by Crippen LogP contribution is -2.27. The average molecular weight is 287 g/mol. The molecule has 1 aliphatic carbocycles. The lowest BCUT2D eigenvalue weighted by molar-refractivity contribution is -0.0469. The molecule has 21 heavy (non-hydrogen) atoms. The minimum atomic E-state index is -0.363. The fourth-order valence-corrected chi connectivity index (χ4v) is 3.10. The molecule has 5 heteroatoms. The van der Waals surface area contributed by atoms with Crippen LogP contribution in [0.3, 0.4) is 0 Å². The van der Waals surface area contributed by atoms with Gasteiger partial charge in [0, 0.05) is 17.9 Å². The third-order valence-electron chi connectivity index (χ3n) is 4.15. The fraction of sp³-hybridized carbons (Fsp3) is 0.500. The summed E-state index contributed by atoms with van der Waals surface area (Å²) in [7, 11) is 0. The van der Waals surface area contributed by atoms with Gasteiger partial charge in [-0.2, -0.15) is 4.98 Å². The molecule has 112 valence electrons. The molecule has 0 atom stereocenters. The van der Waals surface area contributed by atoms with Crippen molar-refractivity contribution in [3.63, 3.8) is 0 Å². The molecule has 0 saturated heterocycles. The first-order valence-electron chi connectivity index (χ1n) is 7.49. The van der Waals surface area contributed by atoms with Gasteiger partial charge in [-0.25, -0.2) is 0 Å². The van der Waals surface area contributed by atoms with Gasteiger partial charge in [0.2, 0.25) is 5.82 Å². The highest BCUT2D eigenvalue weighted by atomic mass is 16.5. The van der Waals surface area contributed by atoms with E-state index in [9.17, 15) is 0 Å². The van der Waals surface area contributed by atoms with Crippen molar-refractivity contribution in [1.29, 1.82) is 0 Å². The van der Waals surface area contributed by atoms with Gasteiger partial charge in [-0.05, 0) is 63.3 Å². The summed E-state index contributed by atoms with van der Waals surface area (Å²) in [5, 5.41) is 4.19. The second kappa shape index (κ2) is 5.48. The van der Waals surface area contributed by atoms with Crippen LogP contribution >= 0.6 is 0 Å². The van der Waals surface area contributed by atoms with Gasteiger partial charge in [0.05, 0.1) is 0 Å². The van der Waals surface area contributed by atoms with Gasteiger partial charge in [0.25, 0.3) is 5.89 Å². The Bertz CT molecular complexity index is 630.